The number of nitrogens with one attached hydrogen (secondary N) is 2. The van der Waals surface area contributed by atoms with Crippen LogP contribution < -0.4 is 15.5 Å². The standard InChI is InChI=1S/C26H29ClN4O/c1-20(26(32)29-24-9-5-8-22(27)18-24)28-23-10-12-25(13-11-23)31-16-14-30(15-17-31)19-21-6-3-2-4-7-21/h2-13,18,20,28H,14-17,19H2,1H3,(H,29,32). The first-order chi connectivity index (χ1) is 15.6. The third-order valence-electron chi connectivity index (χ3n) is 5.72. The predicted molar refractivity (Wildman–Crippen MR) is 134 cm³/mol. The number of rotatable bonds is 7. The van der Waals surface area contributed by atoms with E-state index in [2.05, 4.69) is 62.9 Å². The molecule has 1 unspecified atom stereocenters. The van der Waals surface area contributed by atoms with Gasteiger partial charge in [-0.15, -0.1) is 0 Å². The maximum absolute atomic E-state index is 12.5. The average molecular weight is 449 g/mol. The summed E-state index contributed by atoms with van der Waals surface area (Å²) in [6.07, 6.45) is 0. The number of amides is 1. The van der Waals surface area contributed by atoms with Crippen molar-refractivity contribution < 1.29 is 4.79 Å². The molecule has 3 aromatic rings. The van der Waals surface area contributed by atoms with Crippen molar-refractivity contribution >= 4 is 34.6 Å². The van der Waals surface area contributed by atoms with Crippen LogP contribution in [-0.4, -0.2) is 43.0 Å². The number of anilines is 3. The quantitative estimate of drug-likeness (QED) is 0.527. The van der Waals surface area contributed by atoms with Gasteiger partial charge in [-0.2, -0.15) is 0 Å². The van der Waals surface area contributed by atoms with Crippen LogP contribution in [0.25, 0.3) is 0 Å². The van der Waals surface area contributed by atoms with Crippen molar-refractivity contribution in [3.8, 4) is 0 Å². The van der Waals surface area contributed by atoms with Crippen molar-refractivity contribution in [2.75, 3.05) is 41.7 Å². The highest BCUT2D eigenvalue weighted by molar-refractivity contribution is 6.30. The lowest BCUT2D eigenvalue weighted by atomic mass is 10.2. The molecule has 1 heterocycles. The molecular formula is C26H29ClN4O. The van der Waals surface area contributed by atoms with Crippen molar-refractivity contribution in [2.24, 2.45) is 0 Å². The van der Waals surface area contributed by atoms with Crippen molar-refractivity contribution in [1.29, 1.82) is 0 Å². The number of benzene rings is 3. The van der Waals surface area contributed by atoms with Crippen LogP contribution in [0.5, 0.6) is 0 Å². The molecule has 4 rings (SSSR count). The highest BCUT2D eigenvalue weighted by Gasteiger charge is 2.18. The van der Waals surface area contributed by atoms with Gasteiger partial charge in [0.25, 0.3) is 0 Å². The zero-order chi connectivity index (χ0) is 22.3. The molecule has 0 aromatic heterocycles. The summed E-state index contributed by atoms with van der Waals surface area (Å²) in [6.45, 7) is 6.98. The fourth-order valence-electron chi connectivity index (χ4n) is 3.91. The van der Waals surface area contributed by atoms with E-state index in [1.54, 1.807) is 12.1 Å². The first kappa shape index (κ1) is 22.2. The van der Waals surface area contributed by atoms with E-state index in [1.807, 2.05) is 31.2 Å². The smallest absolute Gasteiger partial charge is 0.246 e. The maximum Gasteiger partial charge on any atom is 0.246 e. The fraction of sp³-hybridized carbons (Fsp3) is 0.269. The number of hydrogen-bond donors (Lipinski definition) is 2. The van der Waals surface area contributed by atoms with Crippen molar-refractivity contribution in [2.45, 2.75) is 19.5 Å². The van der Waals surface area contributed by atoms with Crippen molar-refractivity contribution in [3.63, 3.8) is 0 Å². The second-order valence-corrected chi connectivity index (χ2v) is 8.60. The van der Waals surface area contributed by atoms with E-state index in [0.29, 0.717) is 10.7 Å². The zero-order valence-electron chi connectivity index (χ0n) is 18.3. The molecule has 32 heavy (non-hydrogen) atoms. The molecule has 0 spiro atoms. The average Bonchev–Trinajstić information content (AvgIpc) is 2.81. The molecule has 5 nitrogen and oxygen atoms in total. The minimum absolute atomic E-state index is 0.106. The summed E-state index contributed by atoms with van der Waals surface area (Å²) >= 11 is 5.99. The highest BCUT2D eigenvalue weighted by atomic mass is 35.5. The van der Waals surface area contributed by atoms with Crippen molar-refractivity contribution in [3.05, 3.63) is 89.4 Å². The van der Waals surface area contributed by atoms with Crippen LogP contribution in [0.2, 0.25) is 5.02 Å². The molecule has 166 valence electrons. The molecule has 1 saturated heterocycles. The fourth-order valence-corrected chi connectivity index (χ4v) is 4.10. The van der Waals surface area contributed by atoms with Crippen LogP contribution in [-0.2, 0) is 11.3 Å². The first-order valence-electron chi connectivity index (χ1n) is 11.0. The Morgan fingerprint density at radius 3 is 2.31 bits per heavy atom. The Morgan fingerprint density at radius 1 is 0.906 bits per heavy atom. The van der Waals surface area contributed by atoms with Crippen LogP contribution in [0.15, 0.2) is 78.9 Å². The lowest BCUT2D eigenvalue weighted by molar-refractivity contribution is -0.116. The summed E-state index contributed by atoms with van der Waals surface area (Å²) in [5.74, 6) is -0.106. The SMILES string of the molecule is CC(Nc1ccc(N2CCN(Cc3ccccc3)CC2)cc1)C(=O)Nc1cccc(Cl)c1. The molecule has 0 saturated carbocycles. The lowest BCUT2D eigenvalue weighted by Crippen LogP contribution is -2.45. The molecule has 0 bridgehead atoms. The summed E-state index contributed by atoms with van der Waals surface area (Å²) in [4.78, 5) is 17.4. The third kappa shape index (κ3) is 6.02. The maximum atomic E-state index is 12.5. The van der Waals surface area contributed by atoms with Gasteiger partial charge in [0.2, 0.25) is 5.91 Å². The van der Waals surface area contributed by atoms with Gasteiger partial charge < -0.3 is 15.5 Å². The summed E-state index contributed by atoms with van der Waals surface area (Å²) in [5, 5.41) is 6.75. The highest BCUT2D eigenvalue weighted by Crippen LogP contribution is 2.21. The summed E-state index contributed by atoms with van der Waals surface area (Å²) in [5.41, 5.74) is 4.19. The van der Waals surface area contributed by atoms with E-state index in [-0.39, 0.29) is 11.9 Å². The molecule has 3 aromatic carbocycles. The Kier molecular flexibility index (Phi) is 7.30. The Bertz CT molecular complexity index is 1020. The topological polar surface area (TPSA) is 47.6 Å². The van der Waals surface area contributed by atoms with Gasteiger partial charge in [0.1, 0.15) is 6.04 Å². The van der Waals surface area contributed by atoms with Gasteiger partial charge in [-0.1, -0.05) is 48.0 Å². The number of halogens is 1. The molecule has 1 atom stereocenters. The number of nitrogens with zero attached hydrogens (tertiary/aromatic N) is 2. The Balaban J connectivity index is 1.26. The molecule has 1 amide bonds. The molecule has 2 N–H and O–H groups in total. The van der Waals surface area contributed by atoms with Crippen LogP contribution in [0.1, 0.15) is 12.5 Å². The summed E-state index contributed by atoms with van der Waals surface area (Å²) in [6, 6.07) is 25.7. The monoisotopic (exact) mass is 448 g/mol. The molecular weight excluding hydrogens is 420 g/mol. The van der Waals surface area contributed by atoms with E-state index in [1.165, 1.54) is 11.3 Å². The van der Waals surface area contributed by atoms with Gasteiger partial charge in [0.15, 0.2) is 0 Å². The van der Waals surface area contributed by atoms with E-state index in [0.717, 1.165) is 38.4 Å². The van der Waals surface area contributed by atoms with Crippen molar-refractivity contribution in [1.82, 2.24) is 4.90 Å². The molecule has 0 aliphatic carbocycles. The second kappa shape index (κ2) is 10.5. The number of piperazine rings is 1. The van der Waals surface area contributed by atoms with Gasteiger partial charge in [0.05, 0.1) is 0 Å². The van der Waals surface area contributed by atoms with Gasteiger partial charge in [0, 0.05) is 54.8 Å². The summed E-state index contributed by atoms with van der Waals surface area (Å²) in [7, 11) is 0. The van der Waals surface area contributed by atoms with Crippen LogP contribution >= 0.6 is 11.6 Å². The van der Waals surface area contributed by atoms with E-state index in [9.17, 15) is 4.79 Å². The van der Waals surface area contributed by atoms with Crippen LogP contribution in [0.3, 0.4) is 0 Å². The second-order valence-electron chi connectivity index (χ2n) is 8.16. The van der Waals surface area contributed by atoms with Crippen LogP contribution in [0, 0.1) is 0 Å². The molecule has 1 aliphatic heterocycles. The Morgan fingerprint density at radius 2 is 1.62 bits per heavy atom. The first-order valence-corrected chi connectivity index (χ1v) is 11.4. The zero-order valence-corrected chi connectivity index (χ0v) is 19.1. The third-order valence-corrected chi connectivity index (χ3v) is 5.96. The predicted octanol–water partition coefficient (Wildman–Crippen LogP) is 5.10. The minimum Gasteiger partial charge on any atom is -0.374 e. The normalized spacial score (nSPS) is 15.2. The number of carbonyl (C=O) groups excluding carboxylic acids is 1. The molecule has 1 fully saturated rings. The van der Waals surface area contributed by atoms with E-state index >= 15 is 0 Å². The van der Waals surface area contributed by atoms with E-state index < -0.39 is 0 Å². The van der Waals surface area contributed by atoms with Gasteiger partial charge in [-0.25, -0.2) is 0 Å². The van der Waals surface area contributed by atoms with Gasteiger partial charge >= 0.3 is 0 Å². The van der Waals surface area contributed by atoms with E-state index in [4.69, 9.17) is 11.6 Å². The molecule has 6 heteroatoms. The Hall–Kier alpha value is -3.02. The minimum atomic E-state index is -0.374. The Labute approximate surface area is 195 Å². The summed E-state index contributed by atoms with van der Waals surface area (Å²) < 4.78 is 0. The number of carbonyl (C=O) groups is 1. The largest absolute Gasteiger partial charge is 0.374 e. The molecule has 1 aliphatic rings. The number of hydrogen-bond acceptors (Lipinski definition) is 4. The lowest BCUT2D eigenvalue weighted by Gasteiger charge is -2.36. The van der Waals surface area contributed by atoms with Crippen LogP contribution in [0.4, 0.5) is 17.1 Å². The van der Waals surface area contributed by atoms with Gasteiger partial charge in [-0.05, 0) is 55.0 Å². The van der Waals surface area contributed by atoms with Gasteiger partial charge in [-0.3, -0.25) is 9.69 Å². The molecule has 0 radical (unpaired) electrons.